The molecule has 20 heavy (non-hydrogen) atoms. The zero-order chi connectivity index (χ0) is 14.9. The fourth-order valence-corrected chi connectivity index (χ4v) is 2.82. The molecule has 1 aromatic carbocycles. The van der Waals surface area contributed by atoms with Crippen LogP contribution in [0.25, 0.3) is 0 Å². The minimum Gasteiger partial charge on any atom is -0.477 e. The van der Waals surface area contributed by atoms with Gasteiger partial charge in [-0.05, 0) is 44.0 Å². The van der Waals surface area contributed by atoms with Crippen molar-refractivity contribution < 1.29 is 14.7 Å². The molecule has 2 aromatic rings. The van der Waals surface area contributed by atoms with Crippen LogP contribution in [0.4, 0.5) is 5.00 Å². The summed E-state index contributed by atoms with van der Waals surface area (Å²) in [6.45, 7) is 5.51. The number of aromatic carboxylic acids is 1. The third kappa shape index (κ3) is 2.88. The number of hydrogen-bond acceptors (Lipinski definition) is 3. The molecule has 5 heteroatoms. The van der Waals surface area contributed by atoms with Gasteiger partial charge in [0.2, 0.25) is 0 Å². The summed E-state index contributed by atoms with van der Waals surface area (Å²) in [5, 5.41) is 12.3. The molecule has 0 bridgehead atoms. The lowest BCUT2D eigenvalue weighted by atomic mass is 10.1. The number of aryl methyl sites for hydroxylation is 3. The van der Waals surface area contributed by atoms with Crippen molar-refractivity contribution in [1.82, 2.24) is 0 Å². The number of anilines is 1. The third-order valence-corrected chi connectivity index (χ3v) is 4.13. The first-order valence-corrected chi connectivity index (χ1v) is 6.92. The first kappa shape index (κ1) is 14.3. The molecule has 0 aliphatic heterocycles. The summed E-state index contributed by atoms with van der Waals surface area (Å²) in [5.74, 6) is -1.19. The number of nitrogens with one attached hydrogen (secondary N) is 1. The number of carboxylic acids is 1. The first-order valence-electron chi connectivity index (χ1n) is 6.11. The van der Waals surface area contributed by atoms with Crippen molar-refractivity contribution in [3.63, 3.8) is 0 Å². The lowest BCUT2D eigenvalue weighted by Crippen LogP contribution is -2.12. The maximum Gasteiger partial charge on any atom is 0.346 e. The second kappa shape index (κ2) is 5.46. The van der Waals surface area contributed by atoms with Crippen LogP contribution in [-0.2, 0) is 0 Å². The summed E-state index contributed by atoms with van der Waals surface area (Å²) in [5.41, 5.74) is 3.15. The minimum atomic E-state index is -0.972. The van der Waals surface area contributed by atoms with Gasteiger partial charge in [0, 0.05) is 5.56 Å². The molecule has 0 unspecified atom stereocenters. The van der Waals surface area contributed by atoms with Crippen molar-refractivity contribution in [2.45, 2.75) is 20.8 Å². The molecule has 4 nitrogen and oxygen atoms in total. The van der Waals surface area contributed by atoms with E-state index in [1.807, 2.05) is 32.0 Å². The Morgan fingerprint density at radius 2 is 1.80 bits per heavy atom. The fourth-order valence-electron chi connectivity index (χ4n) is 1.92. The summed E-state index contributed by atoms with van der Waals surface area (Å²) in [6, 6.07) is 7.34. The van der Waals surface area contributed by atoms with E-state index in [0.29, 0.717) is 16.1 Å². The average molecular weight is 289 g/mol. The summed E-state index contributed by atoms with van der Waals surface area (Å²) >= 11 is 1.07. The highest BCUT2D eigenvalue weighted by atomic mass is 32.1. The van der Waals surface area contributed by atoms with Crippen molar-refractivity contribution in [3.05, 3.63) is 51.4 Å². The van der Waals surface area contributed by atoms with E-state index in [1.54, 1.807) is 13.0 Å². The zero-order valence-electron chi connectivity index (χ0n) is 11.5. The van der Waals surface area contributed by atoms with Gasteiger partial charge in [0.05, 0.1) is 5.00 Å². The largest absolute Gasteiger partial charge is 0.477 e. The van der Waals surface area contributed by atoms with E-state index in [0.717, 1.165) is 22.5 Å². The molecular weight excluding hydrogens is 274 g/mol. The Labute approximate surface area is 121 Å². The predicted octanol–water partition coefficient (Wildman–Crippen LogP) is 3.62. The Balaban J connectivity index is 2.26. The highest BCUT2D eigenvalue weighted by Crippen LogP contribution is 2.27. The van der Waals surface area contributed by atoms with E-state index in [4.69, 9.17) is 5.11 Å². The lowest BCUT2D eigenvalue weighted by molar-refractivity contribution is 0.0701. The van der Waals surface area contributed by atoms with Crippen LogP contribution in [0.15, 0.2) is 24.3 Å². The zero-order valence-corrected chi connectivity index (χ0v) is 12.3. The number of carbonyl (C=O) groups is 2. The SMILES string of the molecule is Cc1ccc(C)c(C(=O)Nc2cc(C)c(C(=O)O)s2)c1. The number of benzene rings is 1. The molecule has 1 aromatic heterocycles. The molecule has 0 aliphatic rings. The Bertz CT molecular complexity index is 688. The van der Waals surface area contributed by atoms with Crippen LogP contribution in [0, 0.1) is 20.8 Å². The monoisotopic (exact) mass is 289 g/mol. The number of hydrogen-bond donors (Lipinski definition) is 2. The molecule has 0 fully saturated rings. The number of amides is 1. The van der Waals surface area contributed by atoms with Gasteiger partial charge in [-0.15, -0.1) is 11.3 Å². The minimum absolute atomic E-state index is 0.218. The van der Waals surface area contributed by atoms with Gasteiger partial charge in [-0.2, -0.15) is 0 Å². The molecule has 104 valence electrons. The van der Waals surface area contributed by atoms with E-state index in [-0.39, 0.29) is 10.8 Å². The second-order valence-corrected chi connectivity index (χ2v) is 5.75. The summed E-state index contributed by atoms with van der Waals surface area (Å²) in [4.78, 5) is 23.5. The Hall–Kier alpha value is -2.14. The van der Waals surface area contributed by atoms with Crippen LogP contribution >= 0.6 is 11.3 Å². The van der Waals surface area contributed by atoms with E-state index in [1.165, 1.54) is 0 Å². The second-order valence-electron chi connectivity index (χ2n) is 4.70. The Morgan fingerprint density at radius 1 is 1.10 bits per heavy atom. The number of rotatable bonds is 3. The summed E-state index contributed by atoms with van der Waals surface area (Å²) < 4.78 is 0. The lowest BCUT2D eigenvalue weighted by Gasteiger charge is -2.06. The van der Waals surface area contributed by atoms with Crippen LogP contribution in [0.5, 0.6) is 0 Å². The highest BCUT2D eigenvalue weighted by Gasteiger charge is 2.15. The van der Waals surface area contributed by atoms with Crippen LogP contribution in [0.1, 0.15) is 36.7 Å². The van der Waals surface area contributed by atoms with Crippen LogP contribution in [-0.4, -0.2) is 17.0 Å². The predicted molar refractivity (Wildman–Crippen MR) is 79.9 cm³/mol. The highest BCUT2D eigenvalue weighted by molar-refractivity contribution is 7.18. The fraction of sp³-hybridized carbons (Fsp3) is 0.200. The first-order chi connectivity index (χ1) is 9.38. The molecule has 0 saturated carbocycles. The summed E-state index contributed by atoms with van der Waals surface area (Å²) in [7, 11) is 0. The standard InChI is InChI=1S/C15H15NO3S/c1-8-4-5-9(2)11(6-8)14(17)16-12-7-10(3)13(20-12)15(18)19/h4-7H,1-3H3,(H,16,17)(H,18,19). The normalized spacial score (nSPS) is 10.3. The number of carboxylic acid groups (broad SMARTS) is 1. The van der Waals surface area contributed by atoms with Crippen molar-refractivity contribution in [3.8, 4) is 0 Å². The topological polar surface area (TPSA) is 66.4 Å². The van der Waals surface area contributed by atoms with Gasteiger partial charge in [0.1, 0.15) is 4.88 Å². The molecule has 0 spiro atoms. The molecule has 1 heterocycles. The van der Waals surface area contributed by atoms with Gasteiger partial charge in [0.15, 0.2) is 0 Å². The van der Waals surface area contributed by atoms with Crippen LogP contribution < -0.4 is 5.32 Å². The molecule has 2 rings (SSSR count). The van der Waals surface area contributed by atoms with Gasteiger partial charge in [-0.25, -0.2) is 4.79 Å². The third-order valence-electron chi connectivity index (χ3n) is 2.99. The van der Waals surface area contributed by atoms with Gasteiger partial charge in [0.25, 0.3) is 5.91 Å². The van der Waals surface area contributed by atoms with Gasteiger partial charge in [-0.3, -0.25) is 4.79 Å². The number of thiophene rings is 1. The average Bonchev–Trinajstić information content (AvgIpc) is 2.73. The van der Waals surface area contributed by atoms with Crippen LogP contribution in [0.3, 0.4) is 0 Å². The molecule has 0 atom stereocenters. The molecule has 2 N–H and O–H groups in total. The van der Waals surface area contributed by atoms with Crippen molar-refractivity contribution in [2.24, 2.45) is 0 Å². The van der Waals surface area contributed by atoms with Crippen molar-refractivity contribution in [2.75, 3.05) is 5.32 Å². The molecule has 1 amide bonds. The van der Waals surface area contributed by atoms with E-state index in [9.17, 15) is 9.59 Å². The quantitative estimate of drug-likeness (QED) is 0.906. The smallest absolute Gasteiger partial charge is 0.346 e. The van der Waals surface area contributed by atoms with Gasteiger partial charge < -0.3 is 10.4 Å². The van der Waals surface area contributed by atoms with Crippen molar-refractivity contribution >= 4 is 28.2 Å². The van der Waals surface area contributed by atoms with Crippen molar-refractivity contribution in [1.29, 1.82) is 0 Å². The molecule has 0 aliphatic carbocycles. The molecule has 0 saturated heterocycles. The van der Waals surface area contributed by atoms with Gasteiger partial charge in [-0.1, -0.05) is 17.7 Å². The maximum atomic E-state index is 12.2. The molecular formula is C15H15NO3S. The number of carbonyl (C=O) groups excluding carboxylic acids is 1. The maximum absolute atomic E-state index is 12.2. The van der Waals surface area contributed by atoms with E-state index in [2.05, 4.69) is 5.32 Å². The van der Waals surface area contributed by atoms with E-state index < -0.39 is 5.97 Å². The van der Waals surface area contributed by atoms with Gasteiger partial charge >= 0.3 is 5.97 Å². The molecule has 0 radical (unpaired) electrons. The Morgan fingerprint density at radius 3 is 2.40 bits per heavy atom. The Kier molecular flexibility index (Phi) is 3.90. The van der Waals surface area contributed by atoms with E-state index >= 15 is 0 Å². The summed E-state index contributed by atoms with van der Waals surface area (Å²) in [6.07, 6.45) is 0. The van der Waals surface area contributed by atoms with Crippen LogP contribution in [0.2, 0.25) is 0 Å².